The Morgan fingerprint density at radius 1 is 1.47 bits per heavy atom. The molecule has 0 aliphatic rings. The van der Waals surface area contributed by atoms with E-state index in [9.17, 15) is 0 Å². The standard InChI is InChI=1S/C13H21NS/c1-4-5-7-11(2)14-12(3)10-13-8-6-9-15-13/h4,6,8-9,11-12,14H,1,5,7,10H2,2-3H3. The van der Waals surface area contributed by atoms with Crippen LogP contribution in [0.1, 0.15) is 31.6 Å². The number of hydrogen-bond acceptors (Lipinski definition) is 2. The molecule has 0 aliphatic heterocycles. The van der Waals surface area contributed by atoms with Crippen molar-refractivity contribution in [1.29, 1.82) is 0 Å². The maximum atomic E-state index is 3.75. The fraction of sp³-hybridized carbons (Fsp3) is 0.538. The summed E-state index contributed by atoms with van der Waals surface area (Å²) in [5.41, 5.74) is 0. The van der Waals surface area contributed by atoms with Gasteiger partial charge in [0.2, 0.25) is 0 Å². The van der Waals surface area contributed by atoms with Gasteiger partial charge in [0.15, 0.2) is 0 Å². The van der Waals surface area contributed by atoms with E-state index < -0.39 is 0 Å². The Balaban J connectivity index is 2.23. The Hall–Kier alpha value is -0.600. The Bertz CT molecular complexity index is 266. The van der Waals surface area contributed by atoms with E-state index in [2.05, 4.69) is 43.3 Å². The van der Waals surface area contributed by atoms with Crippen molar-refractivity contribution in [2.45, 2.75) is 45.2 Å². The van der Waals surface area contributed by atoms with Crippen LogP contribution in [0.2, 0.25) is 0 Å². The van der Waals surface area contributed by atoms with E-state index in [4.69, 9.17) is 0 Å². The molecule has 1 aromatic rings. The van der Waals surface area contributed by atoms with Gasteiger partial charge in [-0.15, -0.1) is 17.9 Å². The summed E-state index contributed by atoms with van der Waals surface area (Å²) in [6.07, 6.45) is 5.40. The first-order chi connectivity index (χ1) is 7.22. The second-order valence-corrected chi connectivity index (χ2v) is 5.15. The maximum absolute atomic E-state index is 3.75. The molecule has 0 saturated heterocycles. The van der Waals surface area contributed by atoms with Crippen LogP contribution in [0.4, 0.5) is 0 Å². The van der Waals surface area contributed by atoms with Gasteiger partial charge in [0, 0.05) is 17.0 Å². The molecular formula is C13H21NS. The van der Waals surface area contributed by atoms with Crippen molar-refractivity contribution in [2.24, 2.45) is 0 Å². The van der Waals surface area contributed by atoms with Crippen molar-refractivity contribution in [3.63, 3.8) is 0 Å². The van der Waals surface area contributed by atoms with Crippen molar-refractivity contribution in [3.05, 3.63) is 35.0 Å². The predicted molar refractivity (Wildman–Crippen MR) is 69.5 cm³/mol. The first-order valence-electron chi connectivity index (χ1n) is 5.61. The third-order valence-corrected chi connectivity index (χ3v) is 3.36. The molecule has 1 nitrogen and oxygen atoms in total. The average Bonchev–Trinajstić information content (AvgIpc) is 2.67. The zero-order chi connectivity index (χ0) is 11.1. The topological polar surface area (TPSA) is 12.0 Å². The highest BCUT2D eigenvalue weighted by atomic mass is 32.1. The van der Waals surface area contributed by atoms with E-state index in [1.54, 1.807) is 0 Å². The van der Waals surface area contributed by atoms with E-state index in [0.717, 1.165) is 12.8 Å². The van der Waals surface area contributed by atoms with Crippen molar-refractivity contribution in [2.75, 3.05) is 0 Å². The molecule has 0 saturated carbocycles. The molecule has 0 radical (unpaired) electrons. The molecule has 2 unspecified atom stereocenters. The molecule has 1 aromatic heterocycles. The van der Waals surface area contributed by atoms with E-state index >= 15 is 0 Å². The van der Waals surface area contributed by atoms with Crippen molar-refractivity contribution in [3.8, 4) is 0 Å². The molecule has 0 amide bonds. The molecule has 0 bridgehead atoms. The molecule has 1 rings (SSSR count). The van der Waals surface area contributed by atoms with Crippen LogP contribution < -0.4 is 5.32 Å². The minimum atomic E-state index is 0.559. The van der Waals surface area contributed by atoms with Crippen molar-refractivity contribution in [1.82, 2.24) is 5.32 Å². The van der Waals surface area contributed by atoms with Gasteiger partial charge in [-0.3, -0.25) is 0 Å². The summed E-state index contributed by atoms with van der Waals surface area (Å²) in [5.74, 6) is 0. The third-order valence-electron chi connectivity index (χ3n) is 2.46. The van der Waals surface area contributed by atoms with Crippen LogP contribution in [-0.2, 0) is 6.42 Å². The number of nitrogens with one attached hydrogen (secondary N) is 1. The van der Waals surface area contributed by atoms with Crippen LogP contribution >= 0.6 is 11.3 Å². The molecule has 0 aromatic carbocycles. The van der Waals surface area contributed by atoms with Gasteiger partial charge >= 0.3 is 0 Å². The fourth-order valence-corrected chi connectivity index (χ4v) is 2.56. The predicted octanol–water partition coefficient (Wildman–Crippen LogP) is 3.62. The first kappa shape index (κ1) is 12.5. The SMILES string of the molecule is C=CCCC(C)NC(C)Cc1cccs1. The summed E-state index contributed by atoms with van der Waals surface area (Å²) >= 11 is 1.84. The summed E-state index contributed by atoms with van der Waals surface area (Å²) in [6, 6.07) is 5.46. The molecule has 0 aliphatic carbocycles. The lowest BCUT2D eigenvalue weighted by atomic mass is 10.1. The first-order valence-corrected chi connectivity index (χ1v) is 6.49. The van der Waals surface area contributed by atoms with Crippen LogP contribution in [-0.4, -0.2) is 12.1 Å². The molecule has 0 spiro atoms. The van der Waals surface area contributed by atoms with Crippen LogP contribution in [0.15, 0.2) is 30.2 Å². The zero-order valence-corrected chi connectivity index (χ0v) is 10.5. The third kappa shape index (κ3) is 5.14. The highest BCUT2D eigenvalue weighted by Gasteiger charge is 2.07. The van der Waals surface area contributed by atoms with Gasteiger partial charge in [0.25, 0.3) is 0 Å². The molecule has 2 atom stereocenters. The fourth-order valence-electron chi connectivity index (χ4n) is 1.73. The molecule has 15 heavy (non-hydrogen) atoms. The van der Waals surface area contributed by atoms with Gasteiger partial charge in [-0.2, -0.15) is 0 Å². The normalized spacial score (nSPS) is 14.8. The average molecular weight is 223 g/mol. The summed E-state index contributed by atoms with van der Waals surface area (Å²) < 4.78 is 0. The quantitative estimate of drug-likeness (QED) is 0.696. The number of hydrogen-bond donors (Lipinski definition) is 1. The number of allylic oxidation sites excluding steroid dienone is 1. The van der Waals surface area contributed by atoms with Crippen molar-refractivity contribution >= 4 is 11.3 Å². The molecule has 84 valence electrons. The summed E-state index contributed by atoms with van der Waals surface area (Å²) in [7, 11) is 0. The lowest BCUT2D eigenvalue weighted by Crippen LogP contribution is -2.35. The van der Waals surface area contributed by atoms with E-state index in [0.29, 0.717) is 12.1 Å². The number of thiophene rings is 1. The monoisotopic (exact) mass is 223 g/mol. The van der Waals surface area contributed by atoms with Crippen molar-refractivity contribution < 1.29 is 0 Å². The highest BCUT2D eigenvalue weighted by molar-refractivity contribution is 7.09. The van der Waals surface area contributed by atoms with Crippen LogP contribution in [0.5, 0.6) is 0 Å². The van der Waals surface area contributed by atoms with Crippen LogP contribution in [0.25, 0.3) is 0 Å². The smallest absolute Gasteiger partial charge is 0.00894 e. The summed E-state index contributed by atoms with van der Waals surface area (Å²) in [5, 5.41) is 5.75. The van der Waals surface area contributed by atoms with Crippen LogP contribution in [0.3, 0.4) is 0 Å². The summed E-state index contributed by atoms with van der Waals surface area (Å²) in [6.45, 7) is 8.25. The molecule has 0 fully saturated rings. The minimum Gasteiger partial charge on any atom is -0.311 e. The largest absolute Gasteiger partial charge is 0.311 e. The lowest BCUT2D eigenvalue weighted by Gasteiger charge is -2.19. The van der Waals surface area contributed by atoms with Gasteiger partial charge in [-0.05, 0) is 44.6 Å². The molecule has 1 heterocycles. The second-order valence-electron chi connectivity index (χ2n) is 4.12. The Labute approximate surface area is 97.2 Å². The van der Waals surface area contributed by atoms with E-state index in [1.165, 1.54) is 11.3 Å². The van der Waals surface area contributed by atoms with Gasteiger partial charge in [0.05, 0.1) is 0 Å². The van der Waals surface area contributed by atoms with E-state index in [-0.39, 0.29) is 0 Å². The van der Waals surface area contributed by atoms with Gasteiger partial charge in [-0.25, -0.2) is 0 Å². The summed E-state index contributed by atoms with van der Waals surface area (Å²) in [4.78, 5) is 1.46. The number of rotatable bonds is 7. The highest BCUT2D eigenvalue weighted by Crippen LogP contribution is 2.11. The van der Waals surface area contributed by atoms with Gasteiger partial charge in [0.1, 0.15) is 0 Å². The minimum absolute atomic E-state index is 0.559. The lowest BCUT2D eigenvalue weighted by molar-refractivity contribution is 0.448. The second kappa shape index (κ2) is 6.81. The molecule has 2 heteroatoms. The van der Waals surface area contributed by atoms with Crippen LogP contribution in [0, 0.1) is 0 Å². The van der Waals surface area contributed by atoms with Gasteiger partial charge in [-0.1, -0.05) is 12.1 Å². The molecule has 1 N–H and O–H groups in total. The maximum Gasteiger partial charge on any atom is 0.00894 e. The zero-order valence-electron chi connectivity index (χ0n) is 9.70. The van der Waals surface area contributed by atoms with Gasteiger partial charge < -0.3 is 5.32 Å². The van der Waals surface area contributed by atoms with E-state index in [1.807, 2.05) is 17.4 Å². The molecular weight excluding hydrogens is 202 g/mol. The Morgan fingerprint density at radius 2 is 2.27 bits per heavy atom. The Kier molecular flexibility index (Phi) is 5.66. The Morgan fingerprint density at radius 3 is 2.87 bits per heavy atom.